The molecule has 1 aromatic heterocycles. The zero-order chi connectivity index (χ0) is 15.6. The predicted octanol–water partition coefficient (Wildman–Crippen LogP) is 1.48. The Kier molecular flexibility index (Phi) is 4.34. The fourth-order valence-electron chi connectivity index (χ4n) is 2.88. The average molecular weight is 292 g/mol. The van der Waals surface area contributed by atoms with Gasteiger partial charge in [0.2, 0.25) is 11.8 Å². The molecule has 2 amide bonds. The molecule has 1 N–H and O–H groups in total. The highest BCUT2D eigenvalue weighted by molar-refractivity contribution is 5.97. The third-order valence-electron chi connectivity index (χ3n) is 4.32. The van der Waals surface area contributed by atoms with Crippen molar-refractivity contribution in [3.05, 3.63) is 18.0 Å². The summed E-state index contributed by atoms with van der Waals surface area (Å²) in [7, 11) is 0. The van der Waals surface area contributed by atoms with Crippen molar-refractivity contribution in [1.82, 2.24) is 20.0 Å². The molecular formula is C15H24N4O2. The molecule has 0 aliphatic carbocycles. The quantitative estimate of drug-likeness (QED) is 0.894. The highest BCUT2D eigenvalue weighted by Crippen LogP contribution is 2.28. The van der Waals surface area contributed by atoms with Gasteiger partial charge in [0.15, 0.2) is 0 Å². The Balaban J connectivity index is 2.28. The summed E-state index contributed by atoms with van der Waals surface area (Å²) in [5.41, 5.74) is 0.0646. The van der Waals surface area contributed by atoms with E-state index >= 15 is 0 Å². The first kappa shape index (κ1) is 15.5. The van der Waals surface area contributed by atoms with E-state index in [0.29, 0.717) is 19.4 Å². The summed E-state index contributed by atoms with van der Waals surface area (Å²) in [6.45, 7) is 8.46. The second-order valence-electron chi connectivity index (χ2n) is 5.78. The molecule has 1 aromatic rings. The maximum absolute atomic E-state index is 12.3. The summed E-state index contributed by atoms with van der Waals surface area (Å²) in [5, 5.41) is 7.20. The van der Waals surface area contributed by atoms with Gasteiger partial charge in [-0.1, -0.05) is 13.8 Å². The SMILES string of the molecule is CCC1(CC)C(=O)NCC(=O)N1Cc1ccn(C(C)C)n1. The van der Waals surface area contributed by atoms with Crippen LogP contribution in [-0.4, -0.2) is 38.6 Å². The number of aromatic nitrogens is 2. The molecule has 0 aromatic carbocycles. The zero-order valence-corrected chi connectivity index (χ0v) is 13.2. The largest absolute Gasteiger partial charge is 0.345 e. The summed E-state index contributed by atoms with van der Waals surface area (Å²) >= 11 is 0. The minimum absolute atomic E-state index is 0.0441. The van der Waals surface area contributed by atoms with Gasteiger partial charge >= 0.3 is 0 Å². The number of nitrogens with zero attached hydrogens (tertiary/aromatic N) is 3. The van der Waals surface area contributed by atoms with Crippen LogP contribution in [0.15, 0.2) is 12.3 Å². The Labute approximate surface area is 125 Å². The monoisotopic (exact) mass is 292 g/mol. The van der Waals surface area contributed by atoms with Crippen molar-refractivity contribution in [2.75, 3.05) is 6.54 Å². The minimum atomic E-state index is -0.753. The molecule has 1 aliphatic heterocycles. The van der Waals surface area contributed by atoms with E-state index in [-0.39, 0.29) is 24.4 Å². The van der Waals surface area contributed by atoms with Crippen LogP contribution in [-0.2, 0) is 16.1 Å². The Bertz CT molecular complexity index is 532. The van der Waals surface area contributed by atoms with Gasteiger partial charge in [0.1, 0.15) is 5.54 Å². The number of rotatable bonds is 5. The second kappa shape index (κ2) is 5.87. The number of hydrogen-bond acceptors (Lipinski definition) is 3. The van der Waals surface area contributed by atoms with Crippen LogP contribution in [0.3, 0.4) is 0 Å². The third kappa shape index (κ3) is 2.66. The molecule has 6 heteroatoms. The van der Waals surface area contributed by atoms with E-state index in [0.717, 1.165) is 5.69 Å². The minimum Gasteiger partial charge on any atom is -0.345 e. The molecule has 0 unspecified atom stereocenters. The molecular weight excluding hydrogens is 268 g/mol. The van der Waals surface area contributed by atoms with Crippen molar-refractivity contribution in [3.8, 4) is 0 Å². The van der Waals surface area contributed by atoms with E-state index in [1.165, 1.54) is 0 Å². The van der Waals surface area contributed by atoms with Crippen LogP contribution in [0.1, 0.15) is 52.3 Å². The molecule has 1 saturated heterocycles. The van der Waals surface area contributed by atoms with Crippen LogP contribution >= 0.6 is 0 Å². The number of piperazine rings is 1. The van der Waals surface area contributed by atoms with Gasteiger partial charge in [0.25, 0.3) is 0 Å². The third-order valence-corrected chi connectivity index (χ3v) is 4.32. The lowest BCUT2D eigenvalue weighted by Crippen LogP contribution is -2.66. The highest BCUT2D eigenvalue weighted by atomic mass is 16.2. The maximum atomic E-state index is 12.3. The topological polar surface area (TPSA) is 67.2 Å². The van der Waals surface area contributed by atoms with Gasteiger partial charge in [-0.2, -0.15) is 5.10 Å². The lowest BCUT2D eigenvalue weighted by atomic mass is 9.87. The second-order valence-corrected chi connectivity index (χ2v) is 5.78. The summed E-state index contributed by atoms with van der Waals surface area (Å²) < 4.78 is 1.86. The lowest BCUT2D eigenvalue weighted by molar-refractivity contribution is -0.155. The smallest absolute Gasteiger partial charge is 0.246 e. The average Bonchev–Trinajstić information content (AvgIpc) is 2.93. The summed E-state index contributed by atoms with van der Waals surface area (Å²) in [6.07, 6.45) is 3.12. The number of hydrogen-bond donors (Lipinski definition) is 1. The van der Waals surface area contributed by atoms with E-state index in [9.17, 15) is 9.59 Å². The van der Waals surface area contributed by atoms with Crippen molar-refractivity contribution < 1.29 is 9.59 Å². The predicted molar refractivity (Wildman–Crippen MR) is 79.5 cm³/mol. The van der Waals surface area contributed by atoms with Crippen molar-refractivity contribution in [2.24, 2.45) is 0 Å². The fourth-order valence-corrected chi connectivity index (χ4v) is 2.88. The zero-order valence-electron chi connectivity index (χ0n) is 13.2. The fraction of sp³-hybridized carbons (Fsp3) is 0.667. The van der Waals surface area contributed by atoms with Gasteiger partial charge in [-0.25, -0.2) is 0 Å². The molecule has 2 rings (SSSR count). The molecule has 6 nitrogen and oxygen atoms in total. The highest BCUT2D eigenvalue weighted by Gasteiger charge is 2.46. The first-order valence-corrected chi connectivity index (χ1v) is 7.57. The van der Waals surface area contributed by atoms with Crippen LogP contribution < -0.4 is 5.32 Å². The molecule has 0 bridgehead atoms. The van der Waals surface area contributed by atoms with Crippen LogP contribution in [0.4, 0.5) is 0 Å². The normalized spacial score (nSPS) is 18.2. The molecule has 0 spiro atoms. The van der Waals surface area contributed by atoms with E-state index in [2.05, 4.69) is 24.3 Å². The van der Waals surface area contributed by atoms with E-state index in [1.807, 2.05) is 30.8 Å². The van der Waals surface area contributed by atoms with Gasteiger partial charge in [-0.15, -0.1) is 0 Å². The standard InChI is InChI=1S/C15H24N4O2/c1-5-15(6-2)14(21)16-9-13(20)18(15)10-12-7-8-19(17-12)11(3)4/h7-8,11H,5-6,9-10H2,1-4H3,(H,16,21). The number of nitrogens with one attached hydrogen (secondary N) is 1. The molecule has 0 atom stereocenters. The van der Waals surface area contributed by atoms with Crippen molar-refractivity contribution in [1.29, 1.82) is 0 Å². The van der Waals surface area contributed by atoms with E-state index < -0.39 is 5.54 Å². The molecule has 0 radical (unpaired) electrons. The van der Waals surface area contributed by atoms with Gasteiger partial charge in [-0.3, -0.25) is 14.3 Å². The van der Waals surface area contributed by atoms with Crippen LogP contribution in [0.5, 0.6) is 0 Å². The van der Waals surface area contributed by atoms with Crippen LogP contribution in [0, 0.1) is 0 Å². The lowest BCUT2D eigenvalue weighted by Gasteiger charge is -2.44. The summed E-state index contributed by atoms with van der Waals surface area (Å²) in [5.74, 6) is -0.104. The van der Waals surface area contributed by atoms with E-state index in [4.69, 9.17) is 0 Å². The maximum Gasteiger partial charge on any atom is 0.246 e. The first-order valence-electron chi connectivity index (χ1n) is 7.57. The molecule has 21 heavy (non-hydrogen) atoms. The first-order chi connectivity index (χ1) is 9.94. The molecule has 1 fully saturated rings. The number of carbonyl (C=O) groups excluding carboxylic acids is 2. The Morgan fingerprint density at radius 2 is 2.00 bits per heavy atom. The number of carbonyl (C=O) groups is 2. The van der Waals surface area contributed by atoms with Crippen molar-refractivity contribution in [2.45, 2.75) is 58.7 Å². The van der Waals surface area contributed by atoms with Gasteiger partial charge < -0.3 is 10.2 Å². The summed E-state index contributed by atoms with van der Waals surface area (Å²) in [4.78, 5) is 26.3. The van der Waals surface area contributed by atoms with Crippen molar-refractivity contribution in [3.63, 3.8) is 0 Å². The Morgan fingerprint density at radius 3 is 2.52 bits per heavy atom. The summed E-state index contributed by atoms with van der Waals surface area (Å²) in [6, 6.07) is 2.19. The van der Waals surface area contributed by atoms with Gasteiger partial charge in [0, 0.05) is 12.2 Å². The molecule has 0 saturated carbocycles. The van der Waals surface area contributed by atoms with Crippen molar-refractivity contribution >= 4 is 11.8 Å². The van der Waals surface area contributed by atoms with Gasteiger partial charge in [0.05, 0.1) is 18.8 Å². The van der Waals surface area contributed by atoms with E-state index in [1.54, 1.807) is 4.90 Å². The van der Waals surface area contributed by atoms with Crippen LogP contribution in [0.2, 0.25) is 0 Å². The Morgan fingerprint density at radius 1 is 1.33 bits per heavy atom. The van der Waals surface area contributed by atoms with Crippen LogP contribution in [0.25, 0.3) is 0 Å². The molecule has 116 valence electrons. The Hall–Kier alpha value is -1.85. The number of amides is 2. The van der Waals surface area contributed by atoms with Gasteiger partial charge in [-0.05, 0) is 32.8 Å². The molecule has 1 aliphatic rings. The molecule has 2 heterocycles.